The summed E-state index contributed by atoms with van der Waals surface area (Å²) in [6, 6.07) is 17.5. The zero-order chi connectivity index (χ0) is 20.6. The lowest BCUT2D eigenvalue weighted by molar-refractivity contribution is 0.0939. The fourth-order valence-electron chi connectivity index (χ4n) is 2.46. The molecule has 3 rings (SSSR count). The van der Waals surface area contributed by atoms with Crippen LogP contribution in [-0.4, -0.2) is 23.5 Å². The van der Waals surface area contributed by atoms with Crippen molar-refractivity contribution >= 4 is 17.5 Å². The van der Waals surface area contributed by atoms with Gasteiger partial charge in [-0.15, -0.1) is 0 Å². The number of hydrogen-bond donors (Lipinski definition) is 2. The zero-order valence-corrected chi connectivity index (χ0v) is 16.3. The molecular formula is C22H23N3O4. The third-order valence-electron chi connectivity index (χ3n) is 3.99. The van der Waals surface area contributed by atoms with Crippen molar-refractivity contribution in [2.75, 3.05) is 11.9 Å². The summed E-state index contributed by atoms with van der Waals surface area (Å²) in [6.07, 6.45) is 0. The molecule has 2 amide bonds. The SMILES string of the molecule is CC(C)CNC(=O)c1cc(COc2ccc(NC(=O)c3ccccc3)cc2)on1. The monoisotopic (exact) mass is 393 g/mol. The number of ether oxygens (including phenoxy) is 1. The maximum atomic E-state index is 12.2. The van der Waals surface area contributed by atoms with Crippen molar-refractivity contribution in [3.8, 4) is 5.75 Å². The summed E-state index contributed by atoms with van der Waals surface area (Å²) in [5.41, 5.74) is 1.48. The van der Waals surface area contributed by atoms with E-state index in [0.29, 0.717) is 35.2 Å². The molecule has 0 aliphatic heterocycles. The van der Waals surface area contributed by atoms with E-state index in [-0.39, 0.29) is 24.1 Å². The highest BCUT2D eigenvalue weighted by Gasteiger charge is 2.13. The third-order valence-corrected chi connectivity index (χ3v) is 3.99. The zero-order valence-electron chi connectivity index (χ0n) is 16.3. The van der Waals surface area contributed by atoms with E-state index in [9.17, 15) is 9.59 Å². The number of benzene rings is 2. The number of anilines is 1. The average Bonchev–Trinajstić information content (AvgIpc) is 3.21. The van der Waals surface area contributed by atoms with Gasteiger partial charge < -0.3 is 19.9 Å². The molecule has 0 radical (unpaired) electrons. The van der Waals surface area contributed by atoms with E-state index >= 15 is 0 Å². The van der Waals surface area contributed by atoms with Gasteiger partial charge in [-0.1, -0.05) is 37.2 Å². The molecular weight excluding hydrogens is 370 g/mol. The molecule has 0 saturated carbocycles. The number of carbonyl (C=O) groups excluding carboxylic acids is 2. The molecule has 0 aliphatic rings. The van der Waals surface area contributed by atoms with Gasteiger partial charge in [0.25, 0.3) is 11.8 Å². The van der Waals surface area contributed by atoms with Crippen molar-refractivity contribution in [3.05, 3.63) is 77.7 Å². The van der Waals surface area contributed by atoms with E-state index in [0.717, 1.165) is 0 Å². The maximum absolute atomic E-state index is 12.2. The predicted octanol–water partition coefficient (Wildman–Crippen LogP) is 3.89. The molecule has 150 valence electrons. The molecule has 7 nitrogen and oxygen atoms in total. The van der Waals surface area contributed by atoms with E-state index in [4.69, 9.17) is 9.26 Å². The minimum Gasteiger partial charge on any atom is -0.486 e. The Hall–Kier alpha value is -3.61. The van der Waals surface area contributed by atoms with Crippen LogP contribution < -0.4 is 15.4 Å². The van der Waals surface area contributed by atoms with Gasteiger partial charge in [0.15, 0.2) is 11.5 Å². The summed E-state index contributed by atoms with van der Waals surface area (Å²) in [5, 5.41) is 9.38. The molecule has 0 fully saturated rings. The first-order valence-electron chi connectivity index (χ1n) is 9.34. The Balaban J connectivity index is 1.50. The van der Waals surface area contributed by atoms with E-state index in [1.807, 2.05) is 32.0 Å². The Kier molecular flexibility index (Phi) is 6.63. The van der Waals surface area contributed by atoms with Crippen LogP contribution in [0.1, 0.15) is 40.5 Å². The van der Waals surface area contributed by atoms with E-state index in [2.05, 4.69) is 15.8 Å². The quantitative estimate of drug-likeness (QED) is 0.606. The Morgan fingerprint density at radius 1 is 1.03 bits per heavy atom. The number of amides is 2. The molecule has 0 bridgehead atoms. The molecule has 7 heteroatoms. The summed E-state index contributed by atoms with van der Waals surface area (Å²) in [7, 11) is 0. The Labute approximate surface area is 169 Å². The fraction of sp³-hybridized carbons (Fsp3) is 0.227. The van der Waals surface area contributed by atoms with Gasteiger partial charge in [-0.05, 0) is 42.3 Å². The third kappa shape index (κ3) is 5.93. The first-order valence-corrected chi connectivity index (χ1v) is 9.34. The minimum atomic E-state index is -0.271. The maximum Gasteiger partial charge on any atom is 0.273 e. The van der Waals surface area contributed by atoms with Gasteiger partial charge in [0.2, 0.25) is 0 Å². The molecule has 2 N–H and O–H groups in total. The predicted molar refractivity (Wildman–Crippen MR) is 109 cm³/mol. The smallest absolute Gasteiger partial charge is 0.273 e. The lowest BCUT2D eigenvalue weighted by Gasteiger charge is -2.07. The van der Waals surface area contributed by atoms with E-state index in [1.54, 1.807) is 42.5 Å². The van der Waals surface area contributed by atoms with Gasteiger partial charge in [-0.2, -0.15) is 0 Å². The highest BCUT2D eigenvalue weighted by Crippen LogP contribution is 2.18. The molecule has 0 atom stereocenters. The molecule has 3 aromatic rings. The van der Waals surface area contributed by atoms with Crippen LogP contribution in [0.4, 0.5) is 5.69 Å². The van der Waals surface area contributed by atoms with Gasteiger partial charge in [0, 0.05) is 23.9 Å². The molecule has 0 aliphatic carbocycles. The van der Waals surface area contributed by atoms with Crippen molar-refractivity contribution in [2.45, 2.75) is 20.5 Å². The van der Waals surface area contributed by atoms with Crippen LogP contribution in [0.15, 0.2) is 65.2 Å². The highest BCUT2D eigenvalue weighted by atomic mass is 16.5. The average molecular weight is 393 g/mol. The molecule has 1 aromatic heterocycles. The Morgan fingerprint density at radius 3 is 2.45 bits per heavy atom. The van der Waals surface area contributed by atoms with Gasteiger partial charge >= 0.3 is 0 Å². The first-order chi connectivity index (χ1) is 14.0. The summed E-state index contributed by atoms with van der Waals surface area (Å²) in [4.78, 5) is 24.1. The highest BCUT2D eigenvalue weighted by molar-refractivity contribution is 6.04. The Bertz CT molecular complexity index is 950. The largest absolute Gasteiger partial charge is 0.486 e. The van der Waals surface area contributed by atoms with Crippen molar-refractivity contribution in [1.29, 1.82) is 0 Å². The van der Waals surface area contributed by atoms with Crippen LogP contribution in [0.3, 0.4) is 0 Å². The number of nitrogens with one attached hydrogen (secondary N) is 2. The van der Waals surface area contributed by atoms with Crippen molar-refractivity contribution in [2.24, 2.45) is 5.92 Å². The summed E-state index contributed by atoms with van der Waals surface area (Å²) in [6.45, 7) is 4.74. The van der Waals surface area contributed by atoms with Gasteiger partial charge in [0.05, 0.1) is 0 Å². The van der Waals surface area contributed by atoms with Crippen molar-refractivity contribution in [3.63, 3.8) is 0 Å². The van der Waals surface area contributed by atoms with Crippen LogP contribution in [0.25, 0.3) is 0 Å². The minimum absolute atomic E-state index is 0.139. The lowest BCUT2D eigenvalue weighted by atomic mass is 10.2. The second-order valence-corrected chi connectivity index (χ2v) is 6.92. The number of carbonyl (C=O) groups is 2. The number of rotatable bonds is 8. The van der Waals surface area contributed by atoms with Crippen molar-refractivity contribution in [1.82, 2.24) is 10.5 Å². The lowest BCUT2D eigenvalue weighted by Crippen LogP contribution is -2.27. The molecule has 1 heterocycles. The number of nitrogens with zero attached hydrogens (tertiary/aromatic N) is 1. The van der Waals surface area contributed by atoms with Crippen LogP contribution in [0.5, 0.6) is 5.75 Å². The molecule has 0 spiro atoms. The normalized spacial score (nSPS) is 10.6. The fourth-order valence-corrected chi connectivity index (χ4v) is 2.46. The van der Waals surface area contributed by atoms with Crippen LogP contribution in [0.2, 0.25) is 0 Å². The van der Waals surface area contributed by atoms with Crippen molar-refractivity contribution < 1.29 is 18.8 Å². The van der Waals surface area contributed by atoms with Crippen LogP contribution in [0, 0.1) is 5.92 Å². The molecule has 29 heavy (non-hydrogen) atoms. The molecule has 0 unspecified atom stereocenters. The second-order valence-electron chi connectivity index (χ2n) is 6.92. The number of hydrogen-bond acceptors (Lipinski definition) is 5. The second kappa shape index (κ2) is 9.54. The van der Waals surface area contributed by atoms with Gasteiger partial charge in [-0.25, -0.2) is 0 Å². The summed E-state index contributed by atoms with van der Waals surface area (Å²) in [5.74, 6) is 0.955. The van der Waals surface area contributed by atoms with Crippen LogP contribution >= 0.6 is 0 Å². The molecule has 0 saturated heterocycles. The van der Waals surface area contributed by atoms with Gasteiger partial charge in [0.1, 0.15) is 12.4 Å². The summed E-state index contributed by atoms with van der Waals surface area (Å²) < 4.78 is 10.8. The Morgan fingerprint density at radius 2 is 1.76 bits per heavy atom. The van der Waals surface area contributed by atoms with E-state index in [1.165, 1.54) is 0 Å². The van der Waals surface area contributed by atoms with Gasteiger partial charge in [-0.3, -0.25) is 9.59 Å². The van der Waals surface area contributed by atoms with Crippen LogP contribution in [-0.2, 0) is 6.61 Å². The topological polar surface area (TPSA) is 93.5 Å². The standard InChI is InChI=1S/C22H23N3O4/c1-15(2)13-23-22(27)20-12-19(29-25-20)14-28-18-10-8-17(9-11-18)24-21(26)16-6-4-3-5-7-16/h3-12,15H,13-14H2,1-2H3,(H,23,27)(H,24,26). The van der Waals surface area contributed by atoms with E-state index < -0.39 is 0 Å². The molecule has 2 aromatic carbocycles. The summed E-state index contributed by atoms with van der Waals surface area (Å²) >= 11 is 0. The number of aromatic nitrogens is 1. The first kappa shape index (κ1) is 20.1.